The zero-order valence-corrected chi connectivity index (χ0v) is 17.0. The average molecular weight is 413 g/mol. The quantitative estimate of drug-likeness (QED) is 0.556. The SMILES string of the molecule is CCCC(CO)N(NS(=O)(=O)c1ccc2ccccc2c1)C(=O)c1ccccc1. The van der Waals surface area contributed by atoms with E-state index in [1.54, 1.807) is 42.5 Å². The van der Waals surface area contributed by atoms with Crippen molar-refractivity contribution in [2.45, 2.75) is 30.7 Å². The van der Waals surface area contributed by atoms with Crippen molar-refractivity contribution in [2.75, 3.05) is 6.61 Å². The predicted molar refractivity (Wildman–Crippen MR) is 113 cm³/mol. The summed E-state index contributed by atoms with van der Waals surface area (Å²) in [5, 5.41) is 12.5. The number of rotatable bonds is 8. The van der Waals surface area contributed by atoms with Gasteiger partial charge in [0.1, 0.15) is 0 Å². The third-order valence-corrected chi connectivity index (χ3v) is 6.00. The molecule has 0 aliphatic carbocycles. The molecule has 0 heterocycles. The molecule has 0 saturated heterocycles. The molecule has 3 rings (SSSR count). The van der Waals surface area contributed by atoms with Gasteiger partial charge in [0.15, 0.2) is 0 Å². The topological polar surface area (TPSA) is 86.7 Å². The summed E-state index contributed by atoms with van der Waals surface area (Å²) >= 11 is 0. The minimum Gasteiger partial charge on any atom is -0.394 e. The van der Waals surface area contributed by atoms with Crippen molar-refractivity contribution in [3.63, 3.8) is 0 Å². The number of hydrazine groups is 1. The summed E-state index contributed by atoms with van der Waals surface area (Å²) in [7, 11) is -4.03. The maximum atomic E-state index is 13.1. The molecule has 1 atom stereocenters. The van der Waals surface area contributed by atoms with E-state index in [1.165, 1.54) is 6.07 Å². The highest BCUT2D eigenvalue weighted by Gasteiger charge is 2.29. The van der Waals surface area contributed by atoms with Gasteiger partial charge in [0, 0.05) is 5.56 Å². The number of amides is 1. The van der Waals surface area contributed by atoms with Gasteiger partial charge >= 0.3 is 0 Å². The molecule has 29 heavy (non-hydrogen) atoms. The number of sulfonamides is 1. The first-order chi connectivity index (χ1) is 14.0. The molecule has 0 aromatic heterocycles. The molecule has 7 heteroatoms. The standard InChI is InChI=1S/C22H24N2O4S/c1-2-8-20(16-25)24(22(26)18-10-4-3-5-11-18)23-29(27,28)21-14-13-17-9-6-7-12-19(17)15-21/h3-7,9-15,20,23,25H,2,8,16H2,1H3. The van der Waals surface area contributed by atoms with Crippen molar-refractivity contribution < 1.29 is 18.3 Å². The number of carbonyl (C=O) groups is 1. The van der Waals surface area contributed by atoms with Crippen LogP contribution in [0.15, 0.2) is 77.7 Å². The van der Waals surface area contributed by atoms with Gasteiger partial charge in [-0.2, -0.15) is 0 Å². The molecule has 0 aliphatic heterocycles. The molecule has 0 fully saturated rings. The molecule has 152 valence electrons. The lowest BCUT2D eigenvalue weighted by Gasteiger charge is -2.30. The molecule has 3 aromatic rings. The van der Waals surface area contributed by atoms with E-state index in [1.807, 2.05) is 31.2 Å². The minimum absolute atomic E-state index is 0.0512. The fourth-order valence-corrected chi connectivity index (χ4v) is 4.28. The van der Waals surface area contributed by atoms with Gasteiger partial charge in [-0.15, -0.1) is 4.83 Å². The van der Waals surface area contributed by atoms with Gasteiger partial charge in [-0.1, -0.05) is 61.9 Å². The molecule has 1 unspecified atom stereocenters. The number of aliphatic hydroxyl groups is 1. The second-order valence-electron chi connectivity index (χ2n) is 6.77. The molecular formula is C22H24N2O4S. The van der Waals surface area contributed by atoms with Gasteiger partial charge in [-0.25, -0.2) is 8.42 Å². The number of aliphatic hydroxyl groups excluding tert-OH is 1. The first-order valence-electron chi connectivity index (χ1n) is 9.47. The Bertz CT molecular complexity index is 1080. The number of hydrogen-bond acceptors (Lipinski definition) is 4. The van der Waals surface area contributed by atoms with Crippen LogP contribution in [0.1, 0.15) is 30.1 Å². The Morgan fingerprint density at radius 2 is 1.66 bits per heavy atom. The zero-order valence-electron chi connectivity index (χ0n) is 16.2. The number of carbonyl (C=O) groups excluding carboxylic acids is 1. The Hall–Kier alpha value is -2.74. The lowest BCUT2D eigenvalue weighted by atomic mass is 10.1. The van der Waals surface area contributed by atoms with E-state index >= 15 is 0 Å². The third kappa shape index (κ3) is 4.82. The van der Waals surface area contributed by atoms with Crippen LogP contribution in [0.25, 0.3) is 10.8 Å². The molecular weight excluding hydrogens is 388 g/mol. The van der Waals surface area contributed by atoms with E-state index in [0.717, 1.165) is 15.8 Å². The monoisotopic (exact) mass is 412 g/mol. The van der Waals surface area contributed by atoms with Crippen LogP contribution in [0.2, 0.25) is 0 Å². The van der Waals surface area contributed by atoms with Gasteiger partial charge < -0.3 is 5.11 Å². The predicted octanol–water partition coefficient (Wildman–Crippen LogP) is 3.34. The van der Waals surface area contributed by atoms with E-state index in [2.05, 4.69) is 4.83 Å². The molecule has 0 spiro atoms. The largest absolute Gasteiger partial charge is 0.394 e. The fourth-order valence-electron chi connectivity index (χ4n) is 3.15. The maximum Gasteiger partial charge on any atom is 0.269 e. The third-order valence-electron chi connectivity index (χ3n) is 4.69. The van der Waals surface area contributed by atoms with E-state index < -0.39 is 22.0 Å². The summed E-state index contributed by atoms with van der Waals surface area (Å²) < 4.78 is 26.1. The van der Waals surface area contributed by atoms with Gasteiger partial charge in [-0.3, -0.25) is 9.80 Å². The summed E-state index contributed by atoms with van der Waals surface area (Å²) in [6, 6.07) is 20.0. The Morgan fingerprint density at radius 1 is 1.00 bits per heavy atom. The summed E-state index contributed by atoms with van der Waals surface area (Å²) in [5.74, 6) is -0.512. The van der Waals surface area contributed by atoms with Crippen molar-refractivity contribution >= 4 is 26.7 Å². The summed E-state index contributed by atoms with van der Waals surface area (Å²) in [6.45, 7) is 1.55. The first kappa shape index (κ1) is 21.0. The minimum atomic E-state index is -4.03. The Balaban J connectivity index is 1.97. The summed E-state index contributed by atoms with van der Waals surface area (Å²) in [5.41, 5.74) is 0.336. The lowest BCUT2D eigenvalue weighted by molar-refractivity contribution is 0.0510. The molecule has 0 aliphatic rings. The number of nitrogens with zero attached hydrogens (tertiary/aromatic N) is 1. The van der Waals surface area contributed by atoms with Crippen LogP contribution in [0, 0.1) is 0 Å². The smallest absolute Gasteiger partial charge is 0.269 e. The molecule has 1 amide bonds. The summed E-state index contributed by atoms with van der Waals surface area (Å²) in [6.07, 6.45) is 1.14. The van der Waals surface area contributed by atoms with Gasteiger partial charge in [-0.05, 0) is 41.5 Å². The lowest BCUT2D eigenvalue weighted by Crippen LogP contribution is -2.53. The van der Waals surface area contributed by atoms with Crippen molar-refractivity contribution in [1.29, 1.82) is 0 Å². The number of fused-ring (bicyclic) bond motifs is 1. The second kappa shape index (κ2) is 9.17. The number of benzene rings is 3. The van der Waals surface area contributed by atoms with E-state index in [0.29, 0.717) is 18.4 Å². The highest BCUT2D eigenvalue weighted by Crippen LogP contribution is 2.20. The van der Waals surface area contributed by atoms with E-state index in [-0.39, 0.29) is 11.5 Å². The van der Waals surface area contributed by atoms with Crippen LogP contribution in [0.5, 0.6) is 0 Å². The first-order valence-corrected chi connectivity index (χ1v) is 11.0. The molecule has 3 aromatic carbocycles. The van der Waals surface area contributed by atoms with Crippen molar-refractivity contribution in [1.82, 2.24) is 9.84 Å². The molecule has 2 N–H and O–H groups in total. The van der Waals surface area contributed by atoms with Crippen LogP contribution in [0.3, 0.4) is 0 Å². The van der Waals surface area contributed by atoms with Crippen LogP contribution >= 0.6 is 0 Å². The Labute approximate surface area is 170 Å². The van der Waals surface area contributed by atoms with Crippen molar-refractivity contribution in [3.05, 3.63) is 78.4 Å². The number of nitrogens with one attached hydrogen (secondary N) is 1. The normalized spacial score (nSPS) is 12.6. The van der Waals surface area contributed by atoms with Crippen LogP contribution < -0.4 is 4.83 Å². The zero-order chi connectivity index (χ0) is 20.9. The molecule has 0 radical (unpaired) electrons. The highest BCUT2D eigenvalue weighted by molar-refractivity contribution is 7.89. The Morgan fingerprint density at radius 3 is 2.31 bits per heavy atom. The van der Waals surface area contributed by atoms with E-state index in [4.69, 9.17) is 0 Å². The average Bonchev–Trinajstić information content (AvgIpc) is 2.76. The highest BCUT2D eigenvalue weighted by atomic mass is 32.2. The summed E-state index contributed by atoms with van der Waals surface area (Å²) in [4.78, 5) is 15.5. The van der Waals surface area contributed by atoms with Crippen molar-refractivity contribution in [2.24, 2.45) is 0 Å². The van der Waals surface area contributed by atoms with Crippen LogP contribution in [-0.4, -0.2) is 37.1 Å². The molecule has 0 bridgehead atoms. The van der Waals surface area contributed by atoms with Crippen molar-refractivity contribution in [3.8, 4) is 0 Å². The number of hydrogen-bond donors (Lipinski definition) is 2. The van der Waals surface area contributed by atoms with Crippen LogP contribution in [-0.2, 0) is 10.0 Å². The maximum absolute atomic E-state index is 13.1. The van der Waals surface area contributed by atoms with Gasteiger partial charge in [0.2, 0.25) is 0 Å². The molecule has 0 saturated carbocycles. The van der Waals surface area contributed by atoms with Crippen LogP contribution in [0.4, 0.5) is 0 Å². The molecule has 6 nitrogen and oxygen atoms in total. The van der Waals surface area contributed by atoms with Gasteiger partial charge in [0.25, 0.3) is 15.9 Å². The fraction of sp³-hybridized carbons (Fsp3) is 0.227. The van der Waals surface area contributed by atoms with Gasteiger partial charge in [0.05, 0.1) is 17.5 Å². The second-order valence-corrected chi connectivity index (χ2v) is 8.43. The Kier molecular flexibility index (Phi) is 6.64. The van der Waals surface area contributed by atoms with E-state index in [9.17, 15) is 18.3 Å².